The molecule has 0 aliphatic carbocycles. The first-order chi connectivity index (χ1) is 31.5. The lowest BCUT2D eigenvalue weighted by Crippen LogP contribution is -2.45. The zero-order chi connectivity index (χ0) is 46.5. The van der Waals surface area contributed by atoms with Crippen LogP contribution >= 0.6 is 0 Å². The Labute approximate surface area is 399 Å². The Morgan fingerprint density at radius 2 is 0.734 bits per heavy atom. The molecule has 2 unspecified atom stereocenters. The minimum atomic E-state index is -0.858. The van der Waals surface area contributed by atoms with E-state index in [2.05, 4.69) is 31.3 Å². The second-order valence-electron chi connectivity index (χ2n) is 19.6. The number of hydrogen-bond acceptors (Lipinski definition) is 5. The Morgan fingerprint density at radius 1 is 0.422 bits per heavy atom. The quantitative estimate of drug-likeness (QED) is 0.0321. The molecule has 0 aromatic carbocycles. The van der Waals surface area contributed by atoms with Crippen molar-refractivity contribution in [3.63, 3.8) is 0 Å². The predicted octanol–water partition coefficient (Wildman–Crippen LogP) is 17.5. The van der Waals surface area contributed by atoms with E-state index in [1.54, 1.807) is 6.08 Å². The first-order valence-corrected chi connectivity index (χ1v) is 28.6. The molecule has 6 heteroatoms. The summed E-state index contributed by atoms with van der Waals surface area (Å²) in [5.41, 5.74) is 0. The number of amides is 1. The Morgan fingerprint density at radius 3 is 1.11 bits per heavy atom. The molecule has 0 aliphatic rings. The number of aliphatic hydroxyl groups is 2. The number of unbranched alkanes of at least 4 members (excludes halogenated alkanes) is 40. The summed E-state index contributed by atoms with van der Waals surface area (Å²) in [6, 6.07) is -0.643. The van der Waals surface area contributed by atoms with Crippen LogP contribution in [0.4, 0.5) is 0 Å². The lowest BCUT2D eigenvalue weighted by Gasteiger charge is -2.20. The molecule has 0 heterocycles. The van der Waals surface area contributed by atoms with Crippen LogP contribution in [0.25, 0.3) is 0 Å². The number of esters is 1. The minimum Gasteiger partial charge on any atom is -0.466 e. The molecule has 0 aliphatic heterocycles. The van der Waals surface area contributed by atoms with Gasteiger partial charge in [0.25, 0.3) is 0 Å². The normalized spacial score (nSPS) is 12.8. The van der Waals surface area contributed by atoms with Gasteiger partial charge in [-0.15, -0.1) is 0 Å². The summed E-state index contributed by atoms with van der Waals surface area (Å²) in [5.74, 6) is -0.108. The molecule has 0 saturated carbocycles. The molecule has 0 spiro atoms. The van der Waals surface area contributed by atoms with Crippen LogP contribution in [0.5, 0.6) is 0 Å². The van der Waals surface area contributed by atoms with E-state index in [1.807, 2.05) is 6.08 Å². The third-order valence-corrected chi connectivity index (χ3v) is 13.2. The van der Waals surface area contributed by atoms with E-state index in [-0.39, 0.29) is 18.5 Å². The van der Waals surface area contributed by atoms with E-state index in [0.717, 1.165) is 57.8 Å². The number of aliphatic hydroxyl groups excluding tert-OH is 2. The first-order valence-electron chi connectivity index (χ1n) is 28.6. The maximum absolute atomic E-state index is 12.5. The van der Waals surface area contributed by atoms with Crippen LogP contribution < -0.4 is 5.32 Å². The lowest BCUT2D eigenvalue weighted by atomic mass is 10.0. The number of carbonyl (C=O) groups excluding carboxylic acids is 2. The molecular formula is C58H111NO5. The molecular weight excluding hydrogens is 791 g/mol. The van der Waals surface area contributed by atoms with Crippen LogP contribution in [-0.4, -0.2) is 47.4 Å². The lowest BCUT2D eigenvalue weighted by molar-refractivity contribution is -0.143. The van der Waals surface area contributed by atoms with Crippen LogP contribution in [0.15, 0.2) is 24.3 Å². The summed E-state index contributed by atoms with van der Waals surface area (Å²) in [5, 5.41) is 23.2. The van der Waals surface area contributed by atoms with E-state index < -0.39 is 12.1 Å². The third-order valence-electron chi connectivity index (χ3n) is 13.2. The maximum atomic E-state index is 12.5. The van der Waals surface area contributed by atoms with Crippen molar-refractivity contribution in [3.8, 4) is 0 Å². The summed E-state index contributed by atoms with van der Waals surface area (Å²) in [7, 11) is 0. The molecule has 1 amide bonds. The van der Waals surface area contributed by atoms with Gasteiger partial charge in [0, 0.05) is 12.8 Å². The fourth-order valence-corrected chi connectivity index (χ4v) is 8.81. The number of rotatable bonds is 53. The van der Waals surface area contributed by atoms with E-state index in [1.165, 1.54) is 225 Å². The van der Waals surface area contributed by atoms with E-state index in [4.69, 9.17) is 4.74 Å². The van der Waals surface area contributed by atoms with Crippen LogP contribution in [-0.2, 0) is 14.3 Å². The highest BCUT2D eigenvalue weighted by atomic mass is 16.5. The molecule has 6 nitrogen and oxygen atoms in total. The van der Waals surface area contributed by atoms with Crippen LogP contribution in [0.3, 0.4) is 0 Å². The Bertz CT molecular complexity index is 997. The predicted molar refractivity (Wildman–Crippen MR) is 278 cm³/mol. The van der Waals surface area contributed by atoms with Gasteiger partial charge in [0.2, 0.25) is 5.91 Å². The molecule has 0 radical (unpaired) electrons. The number of allylic oxidation sites excluding steroid dienone is 3. The second-order valence-corrected chi connectivity index (χ2v) is 19.6. The fourth-order valence-electron chi connectivity index (χ4n) is 8.81. The van der Waals surface area contributed by atoms with Gasteiger partial charge in [0.05, 0.1) is 25.4 Å². The van der Waals surface area contributed by atoms with Gasteiger partial charge >= 0.3 is 5.97 Å². The van der Waals surface area contributed by atoms with Gasteiger partial charge in [-0.3, -0.25) is 9.59 Å². The summed E-state index contributed by atoms with van der Waals surface area (Å²) in [4.78, 5) is 24.5. The summed E-state index contributed by atoms with van der Waals surface area (Å²) in [6.07, 6.45) is 64.7. The topological polar surface area (TPSA) is 95.9 Å². The average Bonchev–Trinajstić information content (AvgIpc) is 3.29. The molecule has 0 saturated heterocycles. The summed E-state index contributed by atoms with van der Waals surface area (Å²) in [6.45, 7) is 4.87. The van der Waals surface area contributed by atoms with Crippen LogP contribution in [0.2, 0.25) is 0 Å². The number of carbonyl (C=O) groups is 2. The van der Waals surface area contributed by atoms with Crippen molar-refractivity contribution in [2.24, 2.45) is 0 Å². The zero-order valence-electron chi connectivity index (χ0n) is 43.0. The maximum Gasteiger partial charge on any atom is 0.305 e. The smallest absolute Gasteiger partial charge is 0.305 e. The molecule has 2 atom stereocenters. The fraction of sp³-hybridized carbons (Fsp3) is 0.897. The molecule has 0 aromatic rings. The van der Waals surface area contributed by atoms with Crippen molar-refractivity contribution in [3.05, 3.63) is 24.3 Å². The van der Waals surface area contributed by atoms with Gasteiger partial charge in [-0.25, -0.2) is 0 Å². The Kier molecular flexibility index (Phi) is 52.6. The van der Waals surface area contributed by atoms with Crippen molar-refractivity contribution < 1.29 is 24.5 Å². The SMILES string of the molecule is CCCCCCCC/C=C\CCCCCCCC(=O)OCCCCCCCCCCCCCC(=O)NC(CO)C(O)/C=C/CCCCCCCCCCCCCCCCCCCCC. The molecule has 0 bridgehead atoms. The van der Waals surface area contributed by atoms with Gasteiger partial charge in [-0.1, -0.05) is 263 Å². The van der Waals surface area contributed by atoms with Gasteiger partial charge in [-0.05, 0) is 57.8 Å². The molecule has 0 fully saturated rings. The molecule has 0 rings (SSSR count). The number of hydrogen-bond donors (Lipinski definition) is 3. The molecule has 64 heavy (non-hydrogen) atoms. The molecule has 3 N–H and O–H groups in total. The monoisotopic (exact) mass is 902 g/mol. The number of nitrogens with one attached hydrogen (secondary N) is 1. The minimum absolute atomic E-state index is 0.0228. The van der Waals surface area contributed by atoms with Gasteiger partial charge < -0.3 is 20.3 Å². The van der Waals surface area contributed by atoms with Gasteiger partial charge in [0.15, 0.2) is 0 Å². The second kappa shape index (κ2) is 54.0. The van der Waals surface area contributed by atoms with E-state index in [0.29, 0.717) is 19.4 Å². The van der Waals surface area contributed by atoms with E-state index in [9.17, 15) is 19.8 Å². The largest absolute Gasteiger partial charge is 0.466 e. The van der Waals surface area contributed by atoms with Crippen LogP contribution in [0.1, 0.15) is 309 Å². The summed E-state index contributed by atoms with van der Waals surface area (Å²) >= 11 is 0. The van der Waals surface area contributed by atoms with Gasteiger partial charge in [0.1, 0.15) is 0 Å². The Hall–Kier alpha value is -1.66. The molecule has 0 aromatic heterocycles. The Balaban J connectivity index is 3.50. The van der Waals surface area contributed by atoms with Crippen molar-refractivity contribution in [2.75, 3.05) is 13.2 Å². The van der Waals surface area contributed by atoms with Crippen molar-refractivity contribution >= 4 is 11.9 Å². The highest BCUT2D eigenvalue weighted by Crippen LogP contribution is 2.17. The van der Waals surface area contributed by atoms with Crippen molar-refractivity contribution in [1.82, 2.24) is 5.32 Å². The standard InChI is InChI=1S/C58H111NO5/c1-3-5-7-9-11-13-15-17-19-20-21-22-23-24-26-27-30-34-38-42-46-50-56(61)55(54-60)59-57(62)51-47-43-39-35-31-29-33-37-41-45-49-53-64-58(63)52-48-44-40-36-32-28-25-18-16-14-12-10-8-6-4-2/h18,25,46,50,55-56,60-61H,3-17,19-24,26-45,47-49,51-54H2,1-2H3,(H,59,62)/b25-18-,50-46+. The van der Waals surface area contributed by atoms with Crippen molar-refractivity contribution in [1.29, 1.82) is 0 Å². The van der Waals surface area contributed by atoms with Crippen LogP contribution in [0, 0.1) is 0 Å². The third kappa shape index (κ3) is 49.8. The first kappa shape index (κ1) is 62.3. The highest BCUT2D eigenvalue weighted by Gasteiger charge is 2.18. The average molecular weight is 903 g/mol. The van der Waals surface area contributed by atoms with Crippen molar-refractivity contribution in [2.45, 2.75) is 321 Å². The highest BCUT2D eigenvalue weighted by molar-refractivity contribution is 5.76. The van der Waals surface area contributed by atoms with E-state index >= 15 is 0 Å². The summed E-state index contributed by atoms with van der Waals surface area (Å²) < 4.78 is 5.46. The molecule has 378 valence electrons. The zero-order valence-corrected chi connectivity index (χ0v) is 43.0. The number of ether oxygens (including phenoxy) is 1. The van der Waals surface area contributed by atoms with Gasteiger partial charge in [-0.2, -0.15) is 0 Å².